The lowest BCUT2D eigenvalue weighted by Gasteiger charge is -2.33. The van der Waals surface area contributed by atoms with Crippen molar-refractivity contribution in [3.63, 3.8) is 0 Å². The number of hydrogen-bond donors (Lipinski definition) is 0. The summed E-state index contributed by atoms with van der Waals surface area (Å²) in [4.78, 5) is 19.5. The van der Waals surface area contributed by atoms with Crippen LogP contribution in [0.2, 0.25) is 0 Å². The number of benzene rings is 1. The third kappa shape index (κ3) is 6.16. The molecule has 4 rings (SSSR count). The Kier molecular flexibility index (Phi) is 8.09. The third-order valence-electron chi connectivity index (χ3n) is 6.60. The van der Waals surface area contributed by atoms with Crippen molar-refractivity contribution in [2.45, 2.75) is 60.6 Å². The van der Waals surface area contributed by atoms with Crippen LogP contribution < -0.4 is 0 Å². The molecule has 2 aliphatic rings. The second-order valence-electron chi connectivity index (χ2n) is 9.02. The van der Waals surface area contributed by atoms with E-state index in [2.05, 4.69) is 29.2 Å². The molecule has 0 radical (unpaired) electrons. The summed E-state index contributed by atoms with van der Waals surface area (Å²) in [5, 5.41) is 0.417. The quantitative estimate of drug-likeness (QED) is 0.547. The molecule has 2 fully saturated rings. The summed E-state index contributed by atoms with van der Waals surface area (Å²) in [5.74, 6) is 0.750. The second kappa shape index (κ2) is 11.0. The number of sulfonamides is 1. The summed E-state index contributed by atoms with van der Waals surface area (Å²) in [6, 6.07) is 13.9. The number of likely N-dealkylation sites (tertiary alicyclic amines) is 1. The number of carbonyl (C=O) groups excluding carboxylic acids is 1. The molecule has 0 N–H and O–H groups in total. The van der Waals surface area contributed by atoms with Gasteiger partial charge in [0.05, 0.1) is 10.3 Å². The van der Waals surface area contributed by atoms with E-state index in [0.717, 1.165) is 51.6 Å². The molecular formula is C25H33N3O3S2. The average Bonchev–Trinajstić information content (AvgIpc) is 2.85. The Balaban J connectivity index is 1.28. The minimum Gasteiger partial charge on any atom is -0.342 e. The van der Waals surface area contributed by atoms with Gasteiger partial charge in [0.2, 0.25) is 15.9 Å². The van der Waals surface area contributed by atoms with Crippen molar-refractivity contribution in [2.75, 3.05) is 26.2 Å². The van der Waals surface area contributed by atoms with E-state index in [1.807, 2.05) is 17.9 Å². The SMILES string of the molecule is CC(Sc1ccc(S(=O)(=O)N2CCCCC2)cn1)C(=O)N1CCC(Cc2ccccc2)CC1. The van der Waals surface area contributed by atoms with Gasteiger partial charge < -0.3 is 4.90 Å². The maximum atomic E-state index is 13.0. The summed E-state index contributed by atoms with van der Waals surface area (Å²) < 4.78 is 27.1. The zero-order chi connectivity index (χ0) is 23.3. The smallest absolute Gasteiger partial charge is 0.244 e. The van der Waals surface area contributed by atoms with Crippen LogP contribution in [0.15, 0.2) is 58.6 Å². The van der Waals surface area contributed by atoms with Gasteiger partial charge in [-0.2, -0.15) is 4.31 Å². The van der Waals surface area contributed by atoms with Gasteiger partial charge in [0.15, 0.2) is 0 Å². The molecule has 1 atom stereocenters. The molecule has 1 aromatic carbocycles. The fraction of sp³-hybridized carbons (Fsp3) is 0.520. The van der Waals surface area contributed by atoms with Crippen LogP contribution in [0.1, 0.15) is 44.6 Å². The Morgan fingerprint density at radius 3 is 2.36 bits per heavy atom. The Morgan fingerprint density at radius 1 is 1.03 bits per heavy atom. The lowest BCUT2D eigenvalue weighted by Crippen LogP contribution is -2.42. The minimum atomic E-state index is -3.48. The first kappa shape index (κ1) is 24.2. The molecule has 33 heavy (non-hydrogen) atoms. The number of nitrogens with zero attached hydrogens (tertiary/aromatic N) is 3. The van der Waals surface area contributed by atoms with Crippen molar-refractivity contribution in [1.29, 1.82) is 0 Å². The van der Waals surface area contributed by atoms with E-state index in [1.165, 1.54) is 23.5 Å². The van der Waals surface area contributed by atoms with E-state index in [4.69, 9.17) is 0 Å². The molecule has 8 heteroatoms. The van der Waals surface area contributed by atoms with Crippen LogP contribution in [0.4, 0.5) is 0 Å². The molecule has 0 spiro atoms. The number of thioether (sulfide) groups is 1. The van der Waals surface area contributed by atoms with E-state index in [9.17, 15) is 13.2 Å². The summed E-state index contributed by atoms with van der Waals surface area (Å²) in [7, 11) is -3.48. The number of aromatic nitrogens is 1. The van der Waals surface area contributed by atoms with Crippen molar-refractivity contribution in [1.82, 2.24) is 14.2 Å². The van der Waals surface area contributed by atoms with Gasteiger partial charge >= 0.3 is 0 Å². The van der Waals surface area contributed by atoms with Crippen LogP contribution in [-0.2, 0) is 21.2 Å². The fourth-order valence-electron chi connectivity index (χ4n) is 4.64. The highest BCUT2D eigenvalue weighted by molar-refractivity contribution is 8.00. The molecule has 6 nitrogen and oxygen atoms in total. The Hall–Kier alpha value is -1.90. The normalized spacial score (nSPS) is 19.4. The molecule has 1 aromatic heterocycles. The summed E-state index contributed by atoms with van der Waals surface area (Å²) in [6.07, 6.45) is 7.45. The first-order valence-corrected chi connectivity index (χ1v) is 14.2. The van der Waals surface area contributed by atoms with E-state index < -0.39 is 10.0 Å². The van der Waals surface area contributed by atoms with Crippen LogP contribution in [0.25, 0.3) is 0 Å². The molecule has 178 valence electrons. The predicted octanol–water partition coefficient (Wildman–Crippen LogP) is 4.22. The summed E-state index contributed by atoms with van der Waals surface area (Å²) in [5.41, 5.74) is 1.36. The van der Waals surface area contributed by atoms with Gasteiger partial charge in [0.1, 0.15) is 4.90 Å². The van der Waals surface area contributed by atoms with Gasteiger partial charge in [-0.1, -0.05) is 48.5 Å². The Bertz CT molecular complexity index is 1010. The average molecular weight is 488 g/mol. The highest BCUT2D eigenvalue weighted by atomic mass is 32.2. The van der Waals surface area contributed by atoms with Gasteiger partial charge in [-0.05, 0) is 62.6 Å². The number of pyridine rings is 1. The maximum Gasteiger partial charge on any atom is 0.244 e. The highest BCUT2D eigenvalue weighted by Crippen LogP contribution is 2.28. The van der Waals surface area contributed by atoms with Crippen LogP contribution in [0.5, 0.6) is 0 Å². The number of piperidine rings is 2. The van der Waals surface area contributed by atoms with Gasteiger partial charge in [0.25, 0.3) is 0 Å². The zero-order valence-electron chi connectivity index (χ0n) is 19.2. The zero-order valence-corrected chi connectivity index (χ0v) is 20.9. The molecule has 2 saturated heterocycles. The summed E-state index contributed by atoms with van der Waals surface area (Å²) >= 11 is 1.39. The number of rotatable bonds is 7. The minimum absolute atomic E-state index is 0.130. The molecule has 0 saturated carbocycles. The van der Waals surface area contributed by atoms with E-state index >= 15 is 0 Å². The van der Waals surface area contributed by atoms with Gasteiger partial charge in [-0.15, -0.1) is 0 Å². The van der Waals surface area contributed by atoms with Crippen LogP contribution in [0.3, 0.4) is 0 Å². The third-order valence-corrected chi connectivity index (χ3v) is 9.52. The Morgan fingerprint density at radius 2 is 1.73 bits per heavy atom. The van der Waals surface area contributed by atoms with Crippen molar-refractivity contribution in [3.8, 4) is 0 Å². The van der Waals surface area contributed by atoms with Gasteiger partial charge in [-0.3, -0.25) is 4.79 Å². The molecule has 0 aliphatic carbocycles. The number of carbonyl (C=O) groups is 1. The maximum absolute atomic E-state index is 13.0. The largest absolute Gasteiger partial charge is 0.342 e. The molecule has 2 aliphatic heterocycles. The van der Waals surface area contributed by atoms with Crippen LogP contribution >= 0.6 is 11.8 Å². The van der Waals surface area contributed by atoms with E-state index in [0.29, 0.717) is 24.0 Å². The highest BCUT2D eigenvalue weighted by Gasteiger charge is 2.28. The van der Waals surface area contributed by atoms with Crippen LogP contribution in [0, 0.1) is 5.92 Å². The van der Waals surface area contributed by atoms with Crippen LogP contribution in [-0.4, -0.2) is 59.9 Å². The first-order valence-electron chi connectivity index (χ1n) is 11.9. The molecule has 2 aromatic rings. The predicted molar refractivity (Wildman–Crippen MR) is 132 cm³/mol. The van der Waals surface area contributed by atoms with Crippen molar-refractivity contribution >= 4 is 27.7 Å². The first-order chi connectivity index (χ1) is 15.9. The van der Waals surface area contributed by atoms with Crippen molar-refractivity contribution in [2.24, 2.45) is 5.92 Å². The molecule has 0 bridgehead atoms. The molecular weight excluding hydrogens is 454 g/mol. The summed E-state index contributed by atoms with van der Waals surface area (Å²) in [6.45, 7) is 4.64. The van der Waals surface area contributed by atoms with E-state index in [-0.39, 0.29) is 16.1 Å². The molecule has 3 heterocycles. The Labute approximate surface area is 201 Å². The lowest BCUT2D eigenvalue weighted by atomic mass is 9.90. The standard InChI is InChI=1S/C25H33N3O3S2/c1-20(25(29)27-16-12-22(13-17-27)18-21-8-4-2-5-9-21)32-24-11-10-23(19-26-24)33(30,31)28-14-6-3-7-15-28/h2,4-5,8-11,19-20,22H,3,6-7,12-18H2,1H3. The van der Waals surface area contributed by atoms with E-state index in [1.54, 1.807) is 16.4 Å². The van der Waals surface area contributed by atoms with Gasteiger partial charge in [-0.25, -0.2) is 13.4 Å². The van der Waals surface area contributed by atoms with Crippen molar-refractivity contribution < 1.29 is 13.2 Å². The fourth-order valence-corrected chi connectivity index (χ4v) is 6.97. The van der Waals surface area contributed by atoms with Gasteiger partial charge in [0, 0.05) is 32.4 Å². The van der Waals surface area contributed by atoms with Crippen molar-refractivity contribution in [3.05, 3.63) is 54.2 Å². The topological polar surface area (TPSA) is 70.6 Å². The number of hydrogen-bond acceptors (Lipinski definition) is 5. The molecule has 1 unspecified atom stereocenters. The number of amides is 1. The monoisotopic (exact) mass is 487 g/mol. The lowest BCUT2D eigenvalue weighted by molar-refractivity contribution is -0.131. The second-order valence-corrected chi connectivity index (χ2v) is 12.3. The molecule has 1 amide bonds.